The Morgan fingerprint density at radius 1 is 1.40 bits per heavy atom. The van der Waals surface area contributed by atoms with Gasteiger partial charge in [0.1, 0.15) is 5.75 Å². The second-order valence-corrected chi connectivity index (χ2v) is 5.15. The molecule has 0 unspecified atom stereocenters. The van der Waals surface area contributed by atoms with E-state index in [1.54, 1.807) is 7.11 Å². The van der Waals surface area contributed by atoms with E-state index in [9.17, 15) is 5.11 Å². The van der Waals surface area contributed by atoms with E-state index < -0.39 is 0 Å². The maximum absolute atomic E-state index is 9.41. The average Bonchev–Trinajstić information content (AvgIpc) is 2.21. The predicted molar refractivity (Wildman–Crippen MR) is 65.5 cm³/mol. The molecule has 0 heterocycles. The highest BCUT2D eigenvalue weighted by Gasteiger charge is 2.26. The second-order valence-electron chi connectivity index (χ2n) is 4.29. The first-order valence-corrected chi connectivity index (χ1v) is 5.67. The molecule has 0 aliphatic heterocycles. The van der Waals surface area contributed by atoms with E-state index in [1.807, 2.05) is 32.9 Å². The van der Waals surface area contributed by atoms with Crippen molar-refractivity contribution in [3.63, 3.8) is 0 Å². The molecular formula is C12H17BrO2. The van der Waals surface area contributed by atoms with Crippen molar-refractivity contribution in [2.45, 2.75) is 26.2 Å². The summed E-state index contributed by atoms with van der Waals surface area (Å²) in [5.74, 6) is 0.828. The van der Waals surface area contributed by atoms with Crippen LogP contribution in [0, 0.1) is 6.92 Å². The number of benzene rings is 1. The Balaban J connectivity index is 3.42. The summed E-state index contributed by atoms with van der Waals surface area (Å²) >= 11 is 3.49. The van der Waals surface area contributed by atoms with Crippen LogP contribution in [0.4, 0.5) is 0 Å². The van der Waals surface area contributed by atoms with Crippen molar-refractivity contribution >= 4 is 15.9 Å². The summed E-state index contributed by atoms with van der Waals surface area (Å²) in [6.07, 6.45) is 0. The van der Waals surface area contributed by atoms with Crippen molar-refractivity contribution in [3.8, 4) is 5.75 Å². The van der Waals surface area contributed by atoms with Crippen molar-refractivity contribution < 1.29 is 9.84 Å². The van der Waals surface area contributed by atoms with Crippen LogP contribution in [0.5, 0.6) is 5.75 Å². The number of hydrogen-bond donors (Lipinski definition) is 1. The van der Waals surface area contributed by atoms with Gasteiger partial charge in [0.05, 0.1) is 13.7 Å². The minimum Gasteiger partial charge on any atom is -0.496 e. The van der Waals surface area contributed by atoms with Gasteiger partial charge in [0.25, 0.3) is 0 Å². The Kier molecular flexibility index (Phi) is 3.79. The number of aliphatic hydroxyl groups excluding tert-OH is 1. The molecule has 0 aliphatic carbocycles. The van der Waals surface area contributed by atoms with Gasteiger partial charge in [-0.25, -0.2) is 0 Å². The molecule has 0 radical (unpaired) electrons. The van der Waals surface area contributed by atoms with Gasteiger partial charge in [0.15, 0.2) is 0 Å². The van der Waals surface area contributed by atoms with Crippen LogP contribution in [0.3, 0.4) is 0 Å². The summed E-state index contributed by atoms with van der Waals surface area (Å²) in [6, 6.07) is 3.88. The standard InChI is InChI=1S/C12H17BrO2/c1-8-9(13)5-6-10(15-4)11(8)12(2,3)7-14/h5-6,14H,7H2,1-4H3. The van der Waals surface area contributed by atoms with E-state index >= 15 is 0 Å². The van der Waals surface area contributed by atoms with E-state index in [1.165, 1.54) is 0 Å². The minimum absolute atomic E-state index is 0.0979. The van der Waals surface area contributed by atoms with Crippen molar-refractivity contribution in [2.75, 3.05) is 13.7 Å². The van der Waals surface area contributed by atoms with E-state index in [-0.39, 0.29) is 12.0 Å². The molecule has 0 spiro atoms. The molecule has 0 bridgehead atoms. The zero-order valence-corrected chi connectivity index (χ0v) is 11.2. The quantitative estimate of drug-likeness (QED) is 0.917. The molecule has 1 rings (SSSR count). The summed E-state index contributed by atoms with van der Waals surface area (Å²) < 4.78 is 6.38. The number of methoxy groups -OCH3 is 1. The Morgan fingerprint density at radius 2 is 2.00 bits per heavy atom. The fourth-order valence-electron chi connectivity index (χ4n) is 1.75. The number of hydrogen-bond acceptors (Lipinski definition) is 2. The van der Waals surface area contributed by atoms with E-state index in [2.05, 4.69) is 15.9 Å². The summed E-state index contributed by atoms with van der Waals surface area (Å²) in [6.45, 7) is 6.13. The van der Waals surface area contributed by atoms with Crippen molar-refractivity contribution in [1.29, 1.82) is 0 Å². The fourth-order valence-corrected chi connectivity index (χ4v) is 2.08. The lowest BCUT2D eigenvalue weighted by Crippen LogP contribution is -2.24. The number of halogens is 1. The van der Waals surface area contributed by atoms with Gasteiger partial charge in [-0.3, -0.25) is 0 Å². The first-order valence-electron chi connectivity index (χ1n) is 4.88. The maximum atomic E-state index is 9.41. The van der Waals surface area contributed by atoms with Gasteiger partial charge in [0.2, 0.25) is 0 Å². The highest BCUT2D eigenvalue weighted by Crippen LogP contribution is 2.37. The van der Waals surface area contributed by atoms with Gasteiger partial charge in [-0.15, -0.1) is 0 Å². The van der Waals surface area contributed by atoms with Gasteiger partial charge in [-0.2, -0.15) is 0 Å². The van der Waals surface area contributed by atoms with Gasteiger partial charge in [-0.05, 0) is 24.6 Å². The van der Waals surface area contributed by atoms with Gasteiger partial charge in [-0.1, -0.05) is 29.8 Å². The van der Waals surface area contributed by atoms with E-state index in [0.717, 1.165) is 21.3 Å². The molecule has 2 nitrogen and oxygen atoms in total. The first kappa shape index (κ1) is 12.5. The Hall–Kier alpha value is -0.540. The van der Waals surface area contributed by atoms with Crippen LogP contribution in [0.2, 0.25) is 0 Å². The third-order valence-electron chi connectivity index (χ3n) is 2.65. The highest BCUT2D eigenvalue weighted by atomic mass is 79.9. The van der Waals surface area contributed by atoms with Crippen molar-refractivity contribution in [1.82, 2.24) is 0 Å². The molecule has 0 saturated carbocycles. The van der Waals surface area contributed by atoms with Crippen molar-refractivity contribution in [2.24, 2.45) is 0 Å². The van der Waals surface area contributed by atoms with Crippen molar-refractivity contribution in [3.05, 3.63) is 27.7 Å². The molecule has 3 heteroatoms. The fraction of sp³-hybridized carbons (Fsp3) is 0.500. The Labute approximate surface area is 99.4 Å². The van der Waals surface area contributed by atoms with Crippen LogP contribution < -0.4 is 4.74 Å². The maximum Gasteiger partial charge on any atom is 0.123 e. The summed E-state index contributed by atoms with van der Waals surface area (Å²) in [5, 5.41) is 9.41. The molecular weight excluding hydrogens is 256 g/mol. The van der Waals surface area contributed by atoms with E-state index in [0.29, 0.717) is 0 Å². The summed E-state index contributed by atoms with van der Waals surface area (Å²) in [5.41, 5.74) is 1.88. The van der Waals surface area contributed by atoms with E-state index in [4.69, 9.17) is 4.74 Å². The van der Waals surface area contributed by atoms with Crippen LogP contribution in [0.15, 0.2) is 16.6 Å². The molecule has 0 saturated heterocycles. The van der Waals surface area contributed by atoms with Gasteiger partial charge in [0, 0.05) is 15.5 Å². The number of rotatable bonds is 3. The monoisotopic (exact) mass is 272 g/mol. The topological polar surface area (TPSA) is 29.5 Å². The van der Waals surface area contributed by atoms with Crippen LogP contribution in [0.1, 0.15) is 25.0 Å². The summed E-state index contributed by atoms with van der Waals surface area (Å²) in [4.78, 5) is 0. The smallest absolute Gasteiger partial charge is 0.123 e. The lowest BCUT2D eigenvalue weighted by atomic mass is 9.82. The average molecular weight is 273 g/mol. The predicted octanol–water partition coefficient (Wildman–Crippen LogP) is 3.04. The molecule has 0 atom stereocenters. The van der Waals surface area contributed by atoms with Crippen LogP contribution in [0.25, 0.3) is 0 Å². The largest absolute Gasteiger partial charge is 0.496 e. The molecule has 0 aliphatic rings. The molecule has 1 N–H and O–H groups in total. The molecule has 1 aromatic rings. The number of ether oxygens (including phenoxy) is 1. The van der Waals surface area contributed by atoms with Crippen LogP contribution in [-0.2, 0) is 5.41 Å². The first-order chi connectivity index (χ1) is 6.94. The highest BCUT2D eigenvalue weighted by molar-refractivity contribution is 9.10. The van der Waals surface area contributed by atoms with Crippen LogP contribution >= 0.6 is 15.9 Å². The van der Waals surface area contributed by atoms with Gasteiger partial charge < -0.3 is 9.84 Å². The molecule has 0 fully saturated rings. The SMILES string of the molecule is COc1ccc(Br)c(C)c1C(C)(C)CO. The molecule has 0 amide bonds. The molecule has 84 valence electrons. The lowest BCUT2D eigenvalue weighted by molar-refractivity contribution is 0.214. The summed E-state index contributed by atoms with van der Waals surface area (Å²) in [7, 11) is 1.65. The second kappa shape index (κ2) is 4.54. The third kappa shape index (κ3) is 2.34. The molecule has 1 aromatic carbocycles. The normalized spacial score (nSPS) is 11.6. The Bertz CT molecular complexity index is 359. The third-order valence-corrected chi connectivity index (χ3v) is 3.51. The lowest BCUT2D eigenvalue weighted by Gasteiger charge is -2.27. The van der Waals surface area contributed by atoms with Crippen LogP contribution in [-0.4, -0.2) is 18.8 Å². The zero-order chi connectivity index (χ0) is 11.6. The molecule has 0 aromatic heterocycles. The minimum atomic E-state index is -0.292. The molecule has 15 heavy (non-hydrogen) atoms. The zero-order valence-electron chi connectivity index (χ0n) is 9.60. The Morgan fingerprint density at radius 3 is 2.47 bits per heavy atom. The number of aliphatic hydroxyl groups is 1. The van der Waals surface area contributed by atoms with Gasteiger partial charge >= 0.3 is 0 Å².